The van der Waals surface area contributed by atoms with Crippen molar-refractivity contribution in [3.05, 3.63) is 0 Å². The third-order valence-corrected chi connectivity index (χ3v) is 12.5. The number of aliphatic carboxylic acids is 2. The predicted molar refractivity (Wildman–Crippen MR) is 143 cm³/mol. The molecule has 13 heteroatoms. The van der Waals surface area contributed by atoms with Crippen molar-refractivity contribution in [2.24, 2.45) is 23.7 Å². The van der Waals surface area contributed by atoms with Crippen LogP contribution in [0, 0.1) is 23.7 Å². The van der Waals surface area contributed by atoms with Crippen molar-refractivity contribution >= 4 is 27.7 Å². The van der Waals surface area contributed by atoms with Gasteiger partial charge in [-0.15, -0.1) is 0 Å². The summed E-state index contributed by atoms with van der Waals surface area (Å²) in [6, 6.07) is 0. The van der Waals surface area contributed by atoms with Gasteiger partial charge in [0.2, 0.25) is 0 Å². The van der Waals surface area contributed by atoms with Crippen LogP contribution >= 0.6 is 0 Å². The summed E-state index contributed by atoms with van der Waals surface area (Å²) >= 11 is 0. The first-order valence-electron chi connectivity index (χ1n) is 15.0. The quantitative estimate of drug-likeness (QED) is 0.162. The summed E-state index contributed by atoms with van der Waals surface area (Å²) in [6.45, 7) is 0.0678. The number of rotatable bonds is 10. The zero-order valence-electron chi connectivity index (χ0n) is 23.3. The second-order valence-corrected chi connectivity index (χ2v) is 14.9. The van der Waals surface area contributed by atoms with Crippen LogP contribution in [-0.2, 0) is 38.7 Å². The fourth-order valence-electron chi connectivity index (χ4n) is 7.14. The minimum atomic E-state index is -3.41. The van der Waals surface area contributed by atoms with Crippen LogP contribution in [0.2, 0.25) is 0 Å². The molecular formula is C28H44O12S. The Balaban J connectivity index is 1.18. The third-order valence-electron chi connectivity index (χ3n) is 9.66. The van der Waals surface area contributed by atoms with Crippen LogP contribution in [0.1, 0.15) is 89.9 Å². The Labute approximate surface area is 240 Å². The maximum Gasteiger partial charge on any atom is 0.310 e. The zero-order chi connectivity index (χ0) is 29.7. The van der Waals surface area contributed by atoms with Crippen LogP contribution in [0.5, 0.6) is 0 Å². The normalized spacial score (nSPS) is 38.6. The largest absolute Gasteiger partial charge is 0.481 e. The number of carbonyl (C=O) groups excluding carboxylic acids is 1. The molecule has 0 aromatic carbocycles. The van der Waals surface area contributed by atoms with Crippen molar-refractivity contribution in [1.82, 2.24) is 0 Å². The van der Waals surface area contributed by atoms with Gasteiger partial charge in [-0.3, -0.25) is 14.4 Å². The summed E-state index contributed by atoms with van der Waals surface area (Å²) < 4.78 is 32.4. The Hall–Kier alpha value is -1.80. The van der Waals surface area contributed by atoms with Gasteiger partial charge in [-0.05, 0) is 89.9 Å². The second-order valence-electron chi connectivity index (χ2n) is 12.4. The minimum Gasteiger partial charge on any atom is -0.481 e. The van der Waals surface area contributed by atoms with Crippen molar-refractivity contribution in [1.29, 1.82) is 0 Å². The molecule has 0 radical (unpaired) electrons. The number of ether oxygens (including phenoxy) is 1. The predicted octanol–water partition coefficient (Wildman–Crippen LogP) is 2.24. The highest BCUT2D eigenvalue weighted by Gasteiger charge is 2.43. The van der Waals surface area contributed by atoms with E-state index >= 15 is 0 Å². The summed E-state index contributed by atoms with van der Waals surface area (Å²) in [4.78, 5) is 46.7. The van der Waals surface area contributed by atoms with Crippen LogP contribution in [0.3, 0.4) is 0 Å². The van der Waals surface area contributed by atoms with Crippen LogP contribution in [0.4, 0.5) is 0 Å². The van der Waals surface area contributed by atoms with Crippen molar-refractivity contribution in [2.45, 2.75) is 125 Å². The molecule has 0 heterocycles. The molecule has 12 nitrogen and oxygen atoms in total. The van der Waals surface area contributed by atoms with Gasteiger partial charge in [0.1, 0.15) is 6.10 Å². The number of aliphatic hydroxyl groups excluding tert-OH is 2. The van der Waals surface area contributed by atoms with Gasteiger partial charge >= 0.3 is 17.9 Å². The number of carboxylic acids is 2. The fraction of sp³-hybridized carbons (Fsp3) is 0.893. The molecule has 234 valence electrons. The molecule has 4 saturated carbocycles. The molecule has 0 aromatic rings. The number of sulfone groups is 1. The van der Waals surface area contributed by atoms with E-state index in [-0.39, 0.29) is 31.5 Å². The number of carboxylic acid groups (broad SMARTS) is 2. The Morgan fingerprint density at radius 2 is 1.15 bits per heavy atom. The maximum absolute atomic E-state index is 13.4. The van der Waals surface area contributed by atoms with E-state index in [2.05, 4.69) is 0 Å². The Kier molecular flexibility index (Phi) is 11.1. The van der Waals surface area contributed by atoms with Crippen molar-refractivity contribution < 1.29 is 57.7 Å². The van der Waals surface area contributed by atoms with Gasteiger partial charge in [-0.2, -0.15) is 0 Å². The van der Waals surface area contributed by atoms with Crippen molar-refractivity contribution in [2.75, 3.05) is 6.61 Å². The smallest absolute Gasteiger partial charge is 0.310 e. The monoisotopic (exact) mass is 604 g/mol. The lowest BCUT2D eigenvalue weighted by molar-refractivity contribution is -0.336. The lowest BCUT2D eigenvalue weighted by atomic mass is 9.78. The van der Waals surface area contributed by atoms with Gasteiger partial charge in [-0.25, -0.2) is 18.2 Å². The van der Waals surface area contributed by atoms with E-state index in [1.807, 2.05) is 0 Å². The molecule has 41 heavy (non-hydrogen) atoms. The molecule has 0 spiro atoms. The highest BCUT2D eigenvalue weighted by atomic mass is 32.2. The van der Waals surface area contributed by atoms with E-state index in [0.717, 1.165) is 0 Å². The molecule has 0 amide bonds. The molecule has 4 aliphatic rings. The molecule has 4 fully saturated rings. The summed E-state index contributed by atoms with van der Waals surface area (Å²) in [5.74, 6) is -5.30. The maximum atomic E-state index is 13.4. The number of hydrogen-bond donors (Lipinski definition) is 4. The molecule has 0 saturated heterocycles. The fourth-order valence-corrected chi connectivity index (χ4v) is 9.54. The van der Waals surface area contributed by atoms with Crippen LogP contribution < -0.4 is 0 Å². The van der Waals surface area contributed by atoms with Crippen molar-refractivity contribution in [3.8, 4) is 0 Å². The lowest BCUT2D eigenvalue weighted by Crippen LogP contribution is -2.42. The van der Waals surface area contributed by atoms with Gasteiger partial charge < -0.3 is 25.2 Å². The number of esters is 1. The van der Waals surface area contributed by atoms with E-state index in [1.54, 1.807) is 0 Å². The van der Waals surface area contributed by atoms with Gasteiger partial charge in [-0.1, -0.05) is 0 Å². The molecule has 4 N–H and O–H groups in total. The summed E-state index contributed by atoms with van der Waals surface area (Å²) in [5.41, 5.74) is 0. The standard InChI is InChI=1S/C28H44O12S/c29-17-1-11-23(26(31)32)16(13-17)15-38-40-20-5-9-22(10-6-20)41(36,37)21-7-3-19(4-8-21)39-28(35)25-14-18(30)2-12-24(25)27(33)34/h16-25,29-30H,1-15H2,(H,31,32)(H,33,34). The average Bonchev–Trinajstić information content (AvgIpc) is 2.93. The zero-order valence-corrected chi connectivity index (χ0v) is 24.2. The first-order chi connectivity index (χ1) is 19.5. The first kappa shape index (κ1) is 32.1. The topological polar surface area (TPSA) is 194 Å². The van der Waals surface area contributed by atoms with Crippen LogP contribution in [0.15, 0.2) is 0 Å². The Morgan fingerprint density at radius 3 is 1.71 bits per heavy atom. The molecular weight excluding hydrogens is 560 g/mol. The van der Waals surface area contributed by atoms with E-state index < -0.39 is 74.3 Å². The van der Waals surface area contributed by atoms with Gasteiger partial charge in [0.25, 0.3) is 0 Å². The van der Waals surface area contributed by atoms with Gasteiger partial charge in [0.05, 0.1) is 53.2 Å². The highest BCUT2D eigenvalue weighted by Crippen LogP contribution is 2.37. The summed E-state index contributed by atoms with van der Waals surface area (Å²) in [6.07, 6.45) is 3.20. The van der Waals surface area contributed by atoms with E-state index in [0.29, 0.717) is 77.0 Å². The minimum absolute atomic E-state index is 0.0590. The number of aliphatic hydroxyl groups is 2. The molecule has 4 rings (SSSR count). The van der Waals surface area contributed by atoms with E-state index in [1.165, 1.54) is 0 Å². The number of carbonyl (C=O) groups is 3. The third kappa shape index (κ3) is 8.19. The first-order valence-corrected chi connectivity index (χ1v) is 16.6. The summed E-state index contributed by atoms with van der Waals surface area (Å²) in [5, 5.41) is 37.7. The number of hydrogen-bond acceptors (Lipinski definition) is 10. The molecule has 0 aromatic heterocycles. The molecule has 4 aliphatic carbocycles. The molecule has 0 aliphatic heterocycles. The molecule has 6 atom stereocenters. The second kappa shape index (κ2) is 14.1. The Morgan fingerprint density at radius 1 is 0.634 bits per heavy atom. The van der Waals surface area contributed by atoms with E-state index in [4.69, 9.17) is 14.5 Å². The summed E-state index contributed by atoms with van der Waals surface area (Å²) in [7, 11) is -3.41. The van der Waals surface area contributed by atoms with Gasteiger partial charge in [0, 0.05) is 5.92 Å². The van der Waals surface area contributed by atoms with Crippen molar-refractivity contribution in [3.63, 3.8) is 0 Å². The lowest BCUT2D eigenvalue weighted by Gasteiger charge is -2.35. The SMILES string of the molecule is O=C(O)C1CCC(O)CC1COOC1CCC(S(=O)(=O)C2CCC(OC(=O)C3CC(O)CCC3C(=O)O)CC2)CC1. The molecule has 0 bridgehead atoms. The highest BCUT2D eigenvalue weighted by molar-refractivity contribution is 7.92. The van der Waals surface area contributed by atoms with Gasteiger partial charge in [0.15, 0.2) is 9.84 Å². The molecule has 6 unspecified atom stereocenters. The average molecular weight is 605 g/mol. The Bertz CT molecular complexity index is 1020. The van der Waals surface area contributed by atoms with Crippen LogP contribution in [0.25, 0.3) is 0 Å². The van der Waals surface area contributed by atoms with E-state index in [9.17, 15) is 43.2 Å². The van der Waals surface area contributed by atoms with Crippen LogP contribution in [-0.4, -0.2) is 88.3 Å².